The second kappa shape index (κ2) is 23.0. The van der Waals surface area contributed by atoms with Gasteiger partial charge in [-0.3, -0.25) is 6.08 Å². The molecule has 8 aromatic carbocycles. The Morgan fingerprint density at radius 1 is 0.518 bits per heavy atom. The zero-order chi connectivity index (χ0) is 37.5. The molecule has 0 amide bonds. The van der Waals surface area contributed by atoms with Crippen molar-refractivity contribution < 1.29 is 24.2 Å². The van der Waals surface area contributed by atoms with E-state index in [0.29, 0.717) is 0 Å². The fraction of sp³-hybridized carbons (Fsp3) is 0.0392. The van der Waals surface area contributed by atoms with E-state index in [1.54, 1.807) is 0 Å². The summed E-state index contributed by atoms with van der Waals surface area (Å²) in [6, 6.07) is 64.7. The van der Waals surface area contributed by atoms with Crippen molar-refractivity contribution in [3.63, 3.8) is 0 Å². The zero-order valence-corrected chi connectivity index (χ0v) is 36.1. The molecule has 10 rings (SSSR count). The first-order valence-corrected chi connectivity index (χ1v) is 20.1. The van der Waals surface area contributed by atoms with Gasteiger partial charge in [0.2, 0.25) is 0 Å². The molecule has 0 aromatic heterocycles. The average molecular weight is 884 g/mol. The summed E-state index contributed by atoms with van der Waals surface area (Å²) in [6.07, 6.45) is 11.0. The maximum absolute atomic E-state index is 5.79. The summed E-state index contributed by atoms with van der Waals surface area (Å²) in [7, 11) is 0. The van der Waals surface area contributed by atoms with Gasteiger partial charge in [-0.2, -0.15) is 66.7 Å². The Balaban J connectivity index is 0.000000175. The molecule has 5 heteroatoms. The van der Waals surface area contributed by atoms with Gasteiger partial charge >= 0.3 is 28.4 Å². The van der Waals surface area contributed by atoms with Gasteiger partial charge in [0.15, 0.2) is 0 Å². The van der Waals surface area contributed by atoms with Crippen LogP contribution >= 0.6 is 48.0 Å². The van der Waals surface area contributed by atoms with Crippen LogP contribution in [0.5, 0.6) is 0 Å². The first-order valence-electron chi connectivity index (χ1n) is 17.6. The molecule has 0 atom stereocenters. The smallest absolute Gasteiger partial charge is 0.0240 e. The number of hydrogen-bond donors (Lipinski definition) is 0. The normalized spacial score (nSPS) is 10.9. The monoisotopic (exact) mass is 880 g/mol. The van der Waals surface area contributed by atoms with Gasteiger partial charge in [-0.15, -0.1) is 83.0 Å². The van der Waals surface area contributed by atoms with E-state index in [0.717, 1.165) is 22.9 Å². The van der Waals surface area contributed by atoms with Crippen molar-refractivity contribution in [3.05, 3.63) is 227 Å². The molecule has 0 N–H and O–H groups in total. The minimum Gasteiger partial charge on any atom is -0.147 e. The van der Waals surface area contributed by atoms with Crippen LogP contribution in [0.4, 0.5) is 0 Å². The quantitative estimate of drug-likeness (QED) is 0.120. The summed E-state index contributed by atoms with van der Waals surface area (Å²) in [5, 5.41) is 6.84. The Bertz CT molecular complexity index is 2380. The summed E-state index contributed by atoms with van der Waals surface area (Å²) in [5.41, 5.74) is 10.4. The van der Waals surface area contributed by atoms with Gasteiger partial charge in [-0.05, 0) is 63.9 Å². The van der Waals surface area contributed by atoms with E-state index in [-0.39, 0.29) is 24.8 Å². The molecule has 0 spiro atoms. The van der Waals surface area contributed by atoms with E-state index in [4.69, 9.17) is 23.2 Å². The molecule has 0 saturated heterocycles. The molecule has 2 aliphatic carbocycles. The van der Waals surface area contributed by atoms with Gasteiger partial charge in [0, 0.05) is 10.0 Å². The maximum Gasteiger partial charge on any atom is -0.0240 e. The number of benzene rings is 8. The summed E-state index contributed by atoms with van der Waals surface area (Å²) in [5.74, 6) is 0. The largest absolute Gasteiger partial charge is 0.147 e. The van der Waals surface area contributed by atoms with Crippen LogP contribution < -0.4 is 0 Å². The van der Waals surface area contributed by atoms with Gasteiger partial charge in [-0.25, -0.2) is 12.2 Å². The molecule has 8 aromatic rings. The van der Waals surface area contributed by atoms with Gasteiger partial charge in [0.1, 0.15) is 0 Å². The molecule has 0 radical (unpaired) electrons. The second-order valence-electron chi connectivity index (χ2n) is 12.3. The van der Waals surface area contributed by atoms with Crippen LogP contribution in [0.3, 0.4) is 0 Å². The molecule has 0 nitrogen and oxygen atoms in total. The standard InChI is InChI=1S/C21H13.2C12H8Cl.C5H5.CH2.2ClH.Zr/c1-2-8-15-14(7-1)13-20-18-11-4-3-9-16(18)17-10-5-6-12-19(17)21(15)20;2*13-12-8-6-11(7-9-12)10-4-2-1-3-5-10;1-2-4-5-3-1;;;;/h1-10,12H,13H2;2*2-9H;1-3H,4H2;1H2;2*1H;/q4*-1;;;;. The number of halogens is 4. The predicted octanol–water partition coefficient (Wildman–Crippen LogP) is 15.1. The number of hydrogen-bond acceptors (Lipinski definition) is 0. The van der Waals surface area contributed by atoms with E-state index in [9.17, 15) is 0 Å². The van der Waals surface area contributed by atoms with E-state index in [1.165, 1.54) is 90.3 Å². The van der Waals surface area contributed by atoms with Crippen LogP contribution in [0.2, 0.25) is 10.0 Å². The van der Waals surface area contributed by atoms with Gasteiger partial charge in [0.25, 0.3) is 0 Å². The van der Waals surface area contributed by atoms with E-state index in [2.05, 4.69) is 95.2 Å². The Hall–Kier alpha value is -4.33. The van der Waals surface area contributed by atoms with E-state index in [1.807, 2.05) is 115 Å². The molecular formula is C51H38Cl4Zr-4. The molecule has 0 aliphatic heterocycles. The third-order valence-corrected chi connectivity index (χ3v) is 9.48. The first kappa shape index (κ1) is 44.4. The topological polar surface area (TPSA) is 0 Å². The van der Waals surface area contributed by atoms with Crippen molar-refractivity contribution in [1.29, 1.82) is 0 Å². The van der Waals surface area contributed by atoms with Crippen molar-refractivity contribution in [1.82, 2.24) is 0 Å². The minimum absolute atomic E-state index is 0. The van der Waals surface area contributed by atoms with Crippen molar-refractivity contribution in [2.45, 2.75) is 12.8 Å². The summed E-state index contributed by atoms with van der Waals surface area (Å²) in [6.45, 7) is 0. The third kappa shape index (κ3) is 11.4. The fourth-order valence-electron chi connectivity index (χ4n) is 6.51. The Morgan fingerprint density at radius 2 is 1.02 bits per heavy atom. The van der Waals surface area contributed by atoms with Crippen LogP contribution in [0.15, 0.2) is 182 Å². The molecular weight excluding hydrogens is 846 g/mol. The third-order valence-electron chi connectivity index (χ3n) is 8.98. The van der Waals surface area contributed by atoms with Crippen LogP contribution in [0, 0.1) is 24.3 Å². The predicted molar refractivity (Wildman–Crippen MR) is 243 cm³/mol. The van der Waals surface area contributed by atoms with Gasteiger partial charge in [-0.1, -0.05) is 101 Å². The Labute approximate surface area is 368 Å². The van der Waals surface area contributed by atoms with Crippen LogP contribution in [0.1, 0.15) is 17.5 Å². The van der Waals surface area contributed by atoms with Crippen molar-refractivity contribution in [2.24, 2.45) is 0 Å². The number of rotatable bonds is 2. The molecule has 2 aliphatic rings. The summed E-state index contributed by atoms with van der Waals surface area (Å²) in [4.78, 5) is 0. The average Bonchev–Trinajstić information content (AvgIpc) is 3.97. The van der Waals surface area contributed by atoms with E-state index < -0.39 is 0 Å². The molecule has 0 heterocycles. The van der Waals surface area contributed by atoms with Crippen LogP contribution in [0.25, 0.3) is 54.9 Å². The van der Waals surface area contributed by atoms with Gasteiger partial charge in [0.05, 0.1) is 0 Å². The number of fused-ring (bicyclic) bond motifs is 8. The summed E-state index contributed by atoms with van der Waals surface area (Å²) < 4.78 is 3.34. The zero-order valence-electron chi connectivity index (χ0n) is 30.5. The molecule has 0 bridgehead atoms. The molecule has 56 heavy (non-hydrogen) atoms. The fourth-order valence-corrected chi connectivity index (χ4v) is 6.76. The summed E-state index contributed by atoms with van der Waals surface area (Å²) >= 11 is 12.9. The maximum atomic E-state index is 5.79. The van der Waals surface area contributed by atoms with Crippen molar-refractivity contribution in [2.75, 3.05) is 0 Å². The van der Waals surface area contributed by atoms with Gasteiger partial charge < -0.3 is 0 Å². The Kier molecular flexibility index (Phi) is 18.3. The van der Waals surface area contributed by atoms with E-state index >= 15 is 0 Å². The molecule has 0 fully saturated rings. The van der Waals surface area contributed by atoms with Crippen molar-refractivity contribution >= 4 is 73.8 Å². The van der Waals surface area contributed by atoms with Crippen LogP contribution in [-0.4, -0.2) is 4.21 Å². The Morgan fingerprint density at radius 3 is 1.54 bits per heavy atom. The first-order chi connectivity index (χ1) is 26.7. The minimum atomic E-state index is 0. The van der Waals surface area contributed by atoms with Crippen molar-refractivity contribution in [3.8, 4) is 33.4 Å². The second-order valence-corrected chi connectivity index (χ2v) is 13.2. The van der Waals surface area contributed by atoms with Crippen LogP contribution in [-0.2, 0) is 30.7 Å². The molecule has 0 unspecified atom stereocenters. The SMILES string of the molecule is Cl.Cl.Clc1ccc(-c2cc[c-]cc2)cc1.Clc1ccc(-c2cc[c-]cc2)cc1.[C-]1=CC=CC1.[CH2]=[Zr].[c-]1cccc2c1c1c(c3ccccc32)-c2ccccc2C1. The number of allylic oxidation sites excluding steroid dienone is 4. The molecule has 0 saturated carbocycles. The molecule has 278 valence electrons.